The average molecular weight is 419 g/mol. The normalized spacial score (nSPS) is 46.8. The van der Waals surface area contributed by atoms with E-state index in [4.69, 9.17) is 0 Å². The van der Waals surface area contributed by atoms with Crippen LogP contribution in [0.15, 0.2) is 34.9 Å². The molecule has 0 spiro atoms. The van der Waals surface area contributed by atoms with E-state index in [9.17, 15) is 9.59 Å². The lowest BCUT2D eigenvalue weighted by Gasteiger charge is -2.57. The van der Waals surface area contributed by atoms with E-state index in [-0.39, 0.29) is 28.6 Å². The van der Waals surface area contributed by atoms with Crippen LogP contribution < -0.4 is 0 Å². The summed E-state index contributed by atoms with van der Waals surface area (Å²) in [6.45, 7) is 4.83. The Bertz CT molecular complexity index is 919. The fraction of sp³-hybridized carbons (Fsp3) is 0.724. The first kappa shape index (κ1) is 20.2. The number of hydrogen-bond donors (Lipinski definition) is 0. The first-order valence-electron chi connectivity index (χ1n) is 13.1. The molecule has 0 heterocycles. The van der Waals surface area contributed by atoms with Gasteiger partial charge in [-0.05, 0) is 105 Å². The molecule has 7 atom stereocenters. The molecular weight excluding hydrogens is 380 g/mol. The molecule has 6 rings (SSSR count). The largest absolute Gasteiger partial charge is 0.299 e. The number of ketones is 2. The van der Waals surface area contributed by atoms with Crippen molar-refractivity contribution < 1.29 is 9.59 Å². The van der Waals surface area contributed by atoms with Gasteiger partial charge in [0.1, 0.15) is 5.78 Å². The summed E-state index contributed by atoms with van der Waals surface area (Å²) in [6, 6.07) is 0. The van der Waals surface area contributed by atoms with Gasteiger partial charge in [-0.3, -0.25) is 9.59 Å². The third-order valence-corrected chi connectivity index (χ3v) is 10.8. The third-order valence-electron chi connectivity index (χ3n) is 10.8. The third kappa shape index (κ3) is 2.82. The van der Waals surface area contributed by atoms with Crippen molar-refractivity contribution in [2.45, 2.75) is 90.9 Å². The summed E-state index contributed by atoms with van der Waals surface area (Å²) in [5.41, 5.74) is 4.69. The Morgan fingerprint density at radius 3 is 2.32 bits per heavy atom. The predicted octanol–water partition coefficient (Wildman–Crippen LogP) is 6.76. The van der Waals surface area contributed by atoms with Crippen LogP contribution in [0.25, 0.3) is 0 Å². The van der Waals surface area contributed by atoms with E-state index < -0.39 is 0 Å². The molecule has 0 amide bonds. The molecule has 3 saturated carbocycles. The van der Waals surface area contributed by atoms with Crippen LogP contribution in [0.4, 0.5) is 0 Å². The minimum Gasteiger partial charge on any atom is -0.299 e. The number of carbonyl (C=O) groups excluding carboxylic acids is 2. The van der Waals surface area contributed by atoms with E-state index in [0.717, 1.165) is 32.1 Å². The van der Waals surface area contributed by atoms with Crippen LogP contribution in [0.5, 0.6) is 0 Å². The Kier molecular flexibility index (Phi) is 4.58. The molecule has 0 aromatic rings. The van der Waals surface area contributed by atoms with Crippen LogP contribution in [0.2, 0.25) is 0 Å². The van der Waals surface area contributed by atoms with Gasteiger partial charge in [-0.25, -0.2) is 0 Å². The van der Waals surface area contributed by atoms with E-state index in [0.29, 0.717) is 29.8 Å². The molecule has 166 valence electrons. The minimum atomic E-state index is -0.00233. The van der Waals surface area contributed by atoms with Gasteiger partial charge in [0.25, 0.3) is 0 Å². The Morgan fingerprint density at radius 2 is 1.61 bits per heavy atom. The summed E-state index contributed by atoms with van der Waals surface area (Å²) >= 11 is 0. The van der Waals surface area contributed by atoms with Gasteiger partial charge >= 0.3 is 0 Å². The topological polar surface area (TPSA) is 34.1 Å². The van der Waals surface area contributed by atoms with Crippen molar-refractivity contribution in [3.05, 3.63) is 34.9 Å². The van der Waals surface area contributed by atoms with Crippen LogP contribution in [0.1, 0.15) is 90.9 Å². The first-order valence-corrected chi connectivity index (χ1v) is 13.1. The average Bonchev–Trinajstić information content (AvgIpc) is 3.48. The molecule has 6 aliphatic carbocycles. The van der Waals surface area contributed by atoms with E-state index >= 15 is 0 Å². The zero-order valence-corrected chi connectivity index (χ0v) is 19.4. The van der Waals surface area contributed by atoms with Crippen molar-refractivity contribution >= 4 is 11.6 Å². The van der Waals surface area contributed by atoms with Crippen molar-refractivity contribution in [2.24, 2.45) is 40.4 Å². The van der Waals surface area contributed by atoms with Crippen molar-refractivity contribution in [1.29, 1.82) is 0 Å². The minimum absolute atomic E-state index is 0.00233. The maximum absolute atomic E-state index is 13.7. The number of rotatable bonds is 2. The fourth-order valence-electron chi connectivity index (χ4n) is 9.18. The molecule has 2 nitrogen and oxygen atoms in total. The lowest BCUT2D eigenvalue weighted by Crippen LogP contribution is -2.53. The standard InChI is InChI=1S/C29H38O2/c1-28-13-11-20(18-7-3-4-8-18)15-21(28)16-24(30)26-22(28)12-14-29(2)23(26)17-25(31)27(29)19-9-5-6-10-19/h7,9,16,20,22-23,26-27H,3-6,8,10-15,17H2,1-2H3/t20-,22?,23?,26?,27-,28-,29-/m0/s1. The smallest absolute Gasteiger partial charge is 0.159 e. The lowest BCUT2D eigenvalue weighted by molar-refractivity contribution is -0.133. The van der Waals surface area contributed by atoms with Crippen LogP contribution >= 0.6 is 0 Å². The van der Waals surface area contributed by atoms with Crippen molar-refractivity contribution in [2.75, 3.05) is 0 Å². The second-order valence-corrected chi connectivity index (χ2v) is 12.2. The molecule has 0 N–H and O–H groups in total. The lowest BCUT2D eigenvalue weighted by atomic mass is 9.46. The van der Waals surface area contributed by atoms with Crippen molar-refractivity contribution in [3.8, 4) is 0 Å². The predicted molar refractivity (Wildman–Crippen MR) is 123 cm³/mol. The van der Waals surface area contributed by atoms with Gasteiger partial charge in [-0.1, -0.05) is 42.7 Å². The maximum Gasteiger partial charge on any atom is 0.159 e. The molecule has 0 aromatic carbocycles. The molecule has 6 aliphatic rings. The molecule has 2 heteroatoms. The number of fused-ring (bicyclic) bond motifs is 5. The van der Waals surface area contributed by atoms with Crippen molar-refractivity contribution in [1.82, 2.24) is 0 Å². The molecule has 0 aliphatic heterocycles. The van der Waals surface area contributed by atoms with Crippen LogP contribution in [-0.4, -0.2) is 11.6 Å². The molecule has 3 unspecified atom stereocenters. The van der Waals surface area contributed by atoms with Crippen molar-refractivity contribution in [3.63, 3.8) is 0 Å². The molecule has 0 aromatic heterocycles. The molecule has 0 bridgehead atoms. The van der Waals surface area contributed by atoms with Gasteiger partial charge in [-0.2, -0.15) is 0 Å². The Balaban J connectivity index is 1.33. The summed E-state index contributed by atoms with van der Waals surface area (Å²) in [4.78, 5) is 26.9. The maximum atomic E-state index is 13.7. The summed E-state index contributed by atoms with van der Waals surface area (Å²) in [5.74, 6) is 2.34. The van der Waals surface area contributed by atoms with E-state index in [2.05, 4.69) is 32.1 Å². The number of Topliss-reactive ketones (excluding diaryl/α,β-unsaturated/α-hetero) is 1. The molecule has 0 saturated heterocycles. The number of hydrogen-bond acceptors (Lipinski definition) is 2. The Morgan fingerprint density at radius 1 is 0.871 bits per heavy atom. The summed E-state index contributed by atoms with van der Waals surface area (Å²) < 4.78 is 0. The summed E-state index contributed by atoms with van der Waals surface area (Å²) in [6.07, 6.45) is 20.7. The second kappa shape index (κ2) is 7.03. The van der Waals surface area contributed by atoms with Gasteiger partial charge in [0.2, 0.25) is 0 Å². The zero-order valence-electron chi connectivity index (χ0n) is 19.4. The van der Waals surface area contributed by atoms with Crippen LogP contribution in [0.3, 0.4) is 0 Å². The van der Waals surface area contributed by atoms with Gasteiger partial charge in [0, 0.05) is 18.3 Å². The van der Waals surface area contributed by atoms with Crippen LogP contribution in [0, 0.1) is 40.4 Å². The Labute approximate surface area is 187 Å². The molecule has 3 fully saturated rings. The summed E-state index contributed by atoms with van der Waals surface area (Å²) in [5, 5.41) is 0. The molecular formula is C29H38O2. The quantitative estimate of drug-likeness (QED) is 0.464. The molecule has 0 radical (unpaired) electrons. The van der Waals surface area contributed by atoms with E-state index in [1.165, 1.54) is 49.7 Å². The first-order chi connectivity index (χ1) is 14.9. The van der Waals surface area contributed by atoms with Crippen LogP contribution in [-0.2, 0) is 9.59 Å². The monoisotopic (exact) mass is 418 g/mol. The summed E-state index contributed by atoms with van der Waals surface area (Å²) in [7, 11) is 0. The van der Waals surface area contributed by atoms with E-state index in [1.54, 1.807) is 5.57 Å². The highest BCUT2D eigenvalue weighted by Crippen LogP contribution is 2.66. The van der Waals surface area contributed by atoms with Gasteiger partial charge < -0.3 is 0 Å². The van der Waals surface area contributed by atoms with E-state index in [1.807, 2.05) is 0 Å². The zero-order chi connectivity index (χ0) is 21.4. The number of carbonyl (C=O) groups is 2. The van der Waals surface area contributed by atoms with Gasteiger partial charge in [-0.15, -0.1) is 0 Å². The highest BCUT2D eigenvalue weighted by atomic mass is 16.1. The SMILES string of the molecule is C[C@]12CC[C@H](C3=CCCC3)CC1=CC(=O)C1C2CC[C@@]2(C)C1CC(=O)[C@@H]2C1=CCCC1. The Hall–Kier alpha value is -1.44. The van der Waals surface area contributed by atoms with Gasteiger partial charge in [0.15, 0.2) is 5.78 Å². The highest BCUT2D eigenvalue weighted by molar-refractivity contribution is 5.96. The molecule has 31 heavy (non-hydrogen) atoms. The second-order valence-electron chi connectivity index (χ2n) is 12.2. The highest BCUT2D eigenvalue weighted by Gasteiger charge is 2.63. The number of allylic oxidation sites excluding steroid dienone is 6. The fourth-order valence-corrected chi connectivity index (χ4v) is 9.18. The van der Waals surface area contributed by atoms with Gasteiger partial charge in [0.05, 0.1) is 0 Å².